The van der Waals surface area contributed by atoms with Crippen LogP contribution in [0.25, 0.3) is 10.9 Å². The average molecular weight is 404 g/mol. The Labute approximate surface area is 175 Å². The second-order valence-corrected chi connectivity index (χ2v) is 7.46. The van der Waals surface area contributed by atoms with E-state index in [0.717, 1.165) is 53.4 Å². The maximum absolute atomic E-state index is 13.0. The summed E-state index contributed by atoms with van der Waals surface area (Å²) in [6.45, 7) is 1.55. The number of hydrogen-bond donors (Lipinski definition) is 1. The number of aromatic nitrogens is 1. The number of fused-ring (bicyclic) bond motifs is 2. The molecular weight excluding hydrogens is 380 g/mol. The van der Waals surface area contributed by atoms with Gasteiger partial charge in [-0.15, -0.1) is 0 Å². The molecule has 3 aromatic rings. The van der Waals surface area contributed by atoms with Gasteiger partial charge in [0, 0.05) is 11.1 Å². The van der Waals surface area contributed by atoms with Crippen LogP contribution in [0.1, 0.15) is 40.0 Å². The molecule has 0 bridgehead atoms. The number of pyridine rings is 1. The lowest BCUT2D eigenvalue weighted by atomic mass is 9.90. The molecule has 6 heteroatoms. The molecule has 1 N–H and O–H groups in total. The number of nitrogens with one attached hydrogen (secondary N) is 1. The van der Waals surface area contributed by atoms with Crippen molar-refractivity contribution in [2.24, 2.45) is 0 Å². The topological polar surface area (TPSA) is 77.5 Å². The molecule has 0 saturated heterocycles. The van der Waals surface area contributed by atoms with Crippen LogP contribution in [0.15, 0.2) is 42.5 Å². The molecule has 1 aliphatic carbocycles. The predicted molar refractivity (Wildman–Crippen MR) is 115 cm³/mol. The molecule has 6 nitrogen and oxygen atoms in total. The minimum Gasteiger partial charge on any atom is -0.495 e. The van der Waals surface area contributed by atoms with Crippen molar-refractivity contribution in [1.29, 1.82) is 0 Å². The van der Waals surface area contributed by atoms with Gasteiger partial charge in [-0.3, -0.25) is 9.78 Å². The molecule has 0 radical (unpaired) electrons. The molecule has 0 aliphatic heterocycles. The third-order valence-electron chi connectivity index (χ3n) is 5.34. The number of methoxy groups -OCH3 is 1. The van der Waals surface area contributed by atoms with E-state index in [2.05, 4.69) is 5.32 Å². The van der Waals surface area contributed by atoms with Gasteiger partial charge in [0.15, 0.2) is 6.61 Å². The van der Waals surface area contributed by atoms with E-state index in [-0.39, 0.29) is 6.61 Å². The number of para-hydroxylation sites is 1. The summed E-state index contributed by atoms with van der Waals surface area (Å²) in [6.07, 6.45) is 3.73. The number of benzene rings is 2. The fourth-order valence-electron chi connectivity index (χ4n) is 3.91. The maximum atomic E-state index is 13.0. The molecule has 1 aliphatic rings. The van der Waals surface area contributed by atoms with Gasteiger partial charge in [-0.2, -0.15) is 0 Å². The van der Waals surface area contributed by atoms with E-state index in [4.69, 9.17) is 14.5 Å². The molecule has 4 rings (SSSR count). The number of ether oxygens (including phenoxy) is 2. The van der Waals surface area contributed by atoms with E-state index in [1.54, 1.807) is 6.07 Å². The zero-order valence-electron chi connectivity index (χ0n) is 17.2. The molecule has 0 atom stereocenters. The summed E-state index contributed by atoms with van der Waals surface area (Å²) in [5.74, 6) is -0.355. The van der Waals surface area contributed by atoms with Crippen LogP contribution in [0, 0.1) is 6.92 Å². The molecule has 1 heterocycles. The van der Waals surface area contributed by atoms with Crippen LogP contribution < -0.4 is 10.1 Å². The number of esters is 1. The van der Waals surface area contributed by atoms with Crippen LogP contribution >= 0.6 is 0 Å². The van der Waals surface area contributed by atoms with E-state index >= 15 is 0 Å². The lowest BCUT2D eigenvalue weighted by Crippen LogP contribution is -2.23. The molecule has 2 aromatic carbocycles. The van der Waals surface area contributed by atoms with Gasteiger partial charge in [0.25, 0.3) is 5.91 Å². The van der Waals surface area contributed by atoms with Gasteiger partial charge in [-0.05, 0) is 61.9 Å². The summed E-state index contributed by atoms with van der Waals surface area (Å²) in [4.78, 5) is 30.2. The zero-order chi connectivity index (χ0) is 21.1. The molecule has 30 heavy (non-hydrogen) atoms. The van der Waals surface area contributed by atoms with Gasteiger partial charge >= 0.3 is 5.97 Å². The van der Waals surface area contributed by atoms with Gasteiger partial charge in [0.2, 0.25) is 0 Å². The van der Waals surface area contributed by atoms with Crippen LogP contribution in [0.5, 0.6) is 5.75 Å². The number of amides is 1. The first-order chi connectivity index (χ1) is 14.6. The lowest BCUT2D eigenvalue weighted by molar-refractivity contribution is -0.119. The van der Waals surface area contributed by atoms with Crippen molar-refractivity contribution in [2.75, 3.05) is 19.0 Å². The lowest BCUT2D eigenvalue weighted by Gasteiger charge is -2.20. The predicted octanol–water partition coefficient (Wildman–Crippen LogP) is 4.23. The number of nitrogens with zero attached hydrogens (tertiary/aromatic N) is 1. The number of hydrogen-bond acceptors (Lipinski definition) is 5. The van der Waals surface area contributed by atoms with Crippen molar-refractivity contribution < 1.29 is 19.1 Å². The number of aryl methyl sites for hydroxylation is 2. The molecule has 0 spiro atoms. The Balaban J connectivity index is 1.54. The van der Waals surface area contributed by atoms with Crippen LogP contribution in [0.4, 0.5) is 5.69 Å². The highest BCUT2D eigenvalue weighted by atomic mass is 16.5. The fraction of sp³-hybridized carbons (Fsp3) is 0.292. The highest BCUT2D eigenvalue weighted by Gasteiger charge is 2.24. The van der Waals surface area contributed by atoms with Crippen molar-refractivity contribution in [3.05, 3.63) is 64.8 Å². The second kappa shape index (κ2) is 8.53. The zero-order valence-corrected chi connectivity index (χ0v) is 17.2. The number of anilines is 1. The van der Waals surface area contributed by atoms with Gasteiger partial charge in [0.1, 0.15) is 5.75 Å². The first kappa shape index (κ1) is 19.9. The van der Waals surface area contributed by atoms with E-state index < -0.39 is 11.9 Å². The van der Waals surface area contributed by atoms with Crippen molar-refractivity contribution in [1.82, 2.24) is 4.98 Å². The fourth-order valence-corrected chi connectivity index (χ4v) is 3.91. The molecule has 0 saturated carbocycles. The van der Waals surface area contributed by atoms with E-state index in [1.165, 1.54) is 7.11 Å². The number of carbonyl (C=O) groups excluding carboxylic acids is 2. The Morgan fingerprint density at radius 1 is 1.10 bits per heavy atom. The minimum atomic E-state index is -0.488. The normalized spacial score (nSPS) is 12.9. The third kappa shape index (κ3) is 3.99. The van der Waals surface area contributed by atoms with Gasteiger partial charge in [0.05, 0.1) is 23.9 Å². The summed E-state index contributed by atoms with van der Waals surface area (Å²) in [5, 5.41) is 3.52. The van der Waals surface area contributed by atoms with Gasteiger partial charge < -0.3 is 14.8 Å². The molecule has 154 valence electrons. The molecule has 0 fully saturated rings. The summed E-state index contributed by atoms with van der Waals surface area (Å²) in [5.41, 5.74) is 4.75. The Morgan fingerprint density at radius 2 is 1.90 bits per heavy atom. The molecule has 1 amide bonds. The van der Waals surface area contributed by atoms with E-state index in [9.17, 15) is 9.59 Å². The first-order valence-electron chi connectivity index (χ1n) is 10.1. The largest absolute Gasteiger partial charge is 0.495 e. The Bertz CT molecular complexity index is 1120. The van der Waals surface area contributed by atoms with E-state index in [1.807, 2.05) is 43.3 Å². The monoisotopic (exact) mass is 404 g/mol. The van der Waals surface area contributed by atoms with Gasteiger partial charge in [-0.25, -0.2) is 4.79 Å². The van der Waals surface area contributed by atoms with E-state index in [0.29, 0.717) is 17.0 Å². The molecule has 0 unspecified atom stereocenters. The SMILES string of the molecule is COc1ccc(C)cc1NC(=O)COC(=O)c1c2c(nc3ccccc13)CCCC2. The number of rotatable bonds is 5. The van der Waals surface area contributed by atoms with Crippen molar-refractivity contribution in [3.63, 3.8) is 0 Å². The summed E-state index contributed by atoms with van der Waals surface area (Å²) >= 11 is 0. The average Bonchev–Trinajstić information content (AvgIpc) is 2.76. The third-order valence-corrected chi connectivity index (χ3v) is 5.34. The Morgan fingerprint density at radius 3 is 2.73 bits per heavy atom. The van der Waals surface area contributed by atoms with Crippen LogP contribution in [-0.4, -0.2) is 30.6 Å². The van der Waals surface area contributed by atoms with Crippen LogP contribution in [0.3, 0.4) is 0 Å². The van der Waals surface area contributed by atoms with Crippen LogP contribution in [0.2, 0.25) is 0 Å². The second-order valence-electron chi connectivity index (χ2n) is 7.46. The standard InChI is InChI=1S/C24H24N2O4/c1-15-11-12-21(29-2)20(13-15)26-22(27)14-30-24(28)23-16-7-3-5-9-18(16)25-19-10-6-4-8-17(19)23/h3,5,7,9,11-13H,4,6,8,10,14H2,1-2H3,(H,26,27). The highest BCUT2D eigenvalue weighted by molar-refractivity contribution is 6.06. The van der Waals surface area contributed by atoms with Crippen LogP contribution in [-0.2, 0) is 22.4 Å². The number of carbonyl (C=O) groups is 2. The van der Waals surface area contributed by atoms with Crippen molar-refractivity contribution >= 4 is 28.5 Å². The summed E-state index contributed by atoms with van der Waals surface area (Å²) < 4.78 is 10.7. The molecular formula is C24H24N2O4. The van der Waals surface area contributed by atoms with Gasteiger partial charge in [-0.1, -0.05) is 24.3 Å². The Hall–Kier alpha value is -3.41. The Kier molecular flexibility index (Phi) is 5.65. The minimum absolute atomic E-state index is 0.374. The maximum Gasteiger partial charge on any atom is 0.339 e. The van der Waals surface area contributed by atoms with Crippen molar-refractivity contribution in [2.45, 2.75) is 32.6 Å². The smallest absolute Gasteiger partial charge is 0.339 e. The summed E-state index contributed by atoms with van der Waals surface area (Å²) in [7, 11) is 1.54. The first-order valence-corrected chi connectivity index (χ1v) is 10.1. The summed E-state index contributed by atoms with van der Waals surface area (Å²) in [6, 6.07) is 13.1. The molecule has 1 aromatic heterocycles. The highest BCUT2D eigenvalue weighted by Crippen LogP contribution is 2.30. The quantitative estimate of drug-likeness (QED) is 0.644. The van der Waals surface area contributed by atoms with Crippen molar-refractivity contribution in [3.8, 4) is 5.75 Å².